The molecule has 2 aromatic heterocycles. The second kappa shape index (κ2) is 5.98. The summed E-state index contributed by atoms with van der Waals surface area (Å²) in [5.74, 6) is 1.17. The van der Waals surface area contributed by atoms with Crippen LogP contribution in [0.25, 0.3) is 0 Å². The molecule has 1 N–H and O–H groups in total. The molecule has 0 atom stereocenters. The summed E-state index contributed by atoms with van der Waals surface area (Å²) in [4.78, 5) is 7.10. The molecule has 3 nitrogen and oxygen atoms in total. The molecule has 0 spiro atoms. The van der Waals surface area contributed by atoms with Crippen LogP contribution in [0.5, 0.6) is 0 Å². The maximum Gasteiger partial charge on any atom is 0.108 e. The van der Waals surface area contributed by atoms with E-state index >= 15 is 0 Å². The van der Waals surface area contributed by atoms with Crippen molar-refractivity contribution in [1.29, 1.82) is 0 Å². The maximum absolute atomic E-state index is 4.31. The Balaban J connectivity index is 1.73. The predicted octanol–water partition coefficient (Wildman–Crippen LogP) is 2.61. The highest BCUT2D eigenvalue weighted by atomic mass is 32.1. The molecule has 4 heteroatoms. The number of rotatable bonds is 6. The second-order valence-corrected chi connectivity index (χ2v) is 5.45. The SMILES string of the molecule is CCc1nccn1CCNCc1ccc(C)s1. The first-order chi connectivity index (χ1) is 8.29. The van der Waals surface area contributed by atoms with Gasteiger partial charge in [-0.1, -0.05) is 6.92 Å². The first kappa shape index (κ1) is 12.3. The highest BCUT2D eigenvalue weighted by Gasteiger charge is 2.00. The van der Waals surface area contributed by atoms with E-state index in [2.05, 4.69) is 47.0 Å². The van der Waals surface area contributed by atoms with Crippen molar-refractivity contribution < 1.29 is 0 Å². The minimum atomic E-state index is 0.967. The van der Waals surface area contributed by atoms with Gasteiger partial charge in [-0.2, -0.15) is 0 Å². The number of nitrogens with zero attached hydrogens (tertiary/aromatic N) is 2. The first-order valence-corrected chi connectivity index (χ1v) is 6.87. The normalized spacial score (nSPS) is 10.9. The van der Waals surface area contributed by atoms with Crippen molar-refractivity contribution in [3.63, 3.8) is 0 Å². The van der Waals surface area contributed by atoms with E-state index in [0.717, 1.165) is 26.1 Å². The van der Waals surface area contributed by atoms with Crippen LogP contribution >= 0.6 is 11.3 Å². The highest BCUT2D eigenvalue weighted by molar-refractivity contribution is 7.11. The van der Waals surface area contributed by atoms with Gasteiger partial charge in [0.1, 0.15) is 5.82 Å². The molecule has 0 unspecified atom stereocenters. The smallest absolute Gasteiger partial charge is 0.108 e. The lowest BCUT2D eigenvalue weighted by atomic mass is 10.4. The number of aryl methyl sites for hydroxylation is 2. The van der Waals surface area contributed by atoms with Crippen LogP contribution in [0.1, 0.15) is 22.5 Å². The summed E-state index contributed by atoms with van der Waals surface area (Å²) in [6.45, 7) is 7.23. The fourth-order valence-corrected chi connectivity index (χ4v) is 2.71. The Kier molecular flexibility index (Phi) is 4.34. The highest BCUT2D eigenvalue weighted by Crippen LogP contribution is 2.14. The molecular formula is C13H19N3S. The fraction of sp³-hybridized carbons (Fsp3) is 0.462. The Bertz CT molecular complexity index is 459. The molecule has 0 saturated heterocycles. The van der Waals surface area contributed by atoms with Crippen molar-refractivity contribution in [3.8, 4) is 0 Å². The van der Waals surface area contributed by atoms with E-state index < -0.39 is 0 Å². The van der Waals surface area contributed by atoms with Crippen LogP contribution in [0.2, 0.25) is 0 Å². The third-order valence-corrected chi connectivity index (χ3v) is 3.74. The summed E-state index contributed by atoms with van der Waals surface area (Å²) in [6, 6.07) is 4.37. The van der Waals surface area contributed by atoms with Crippen LogP contribution in [0, 0.1) is 6.92 Å². The van der Waals surface area contributed by atoms with Crippen LogP contribution < -0.4 is 5.32 Å². The molecule has 0 aliphatic carbocycles. The lowest BCUT2D eigenvalue weighted by Crippen LogP contribution is -2.19. The molecule has 0 amide bonds. The van der Waals surface area contributed by atoms with E-state index in [1.165, 1.54) is 15.6 Å². The van der Waals surface area contributed by atoms with Crippen molar-refractivity contribution in [2.45, 2.75) is 33.4 Å². The zero-order chi connectivity index (χ0) is 12.1. The average Bonchev–Trinajstić information content (AvgIpc) is 2.93. The Morgan fingerprint density at radius 2 is 2.29 bits per heavy atom. The average molecular weight is 249 g/mol. The monoisotopic (exact) mass is 249 g/mol. The minimum absolute atomic E-state index is 0.967. The van der Waals surface area contributed by atoms with E-state index in [0.29, 0.717) is 0 Å². The quantitative estimate of drug-likeness (QED) is 0.798. The van der Waals surface area contributed by atoms with Crippen LogP contribution in [-0.2, 0) is 19.5 Å². The van der Waals surface area contributed by atoms with E-state index in [4.69, 9.17) is 0 Å². The van der Waals surface area contributed by atoms with Gasteiger partial charge in [-0.3, -0.25) is 0 Å². The number of thiophene rings is 1. The van der Waals surface area contributed by atoms with Crippen LogP contribution in [-0.4, -0.2) is 16.1 Å². The lowest BCUT2D eigenvalue weighted by molar-refractivity contribution is 0.583. The van der Waals surface area contributed by atoms with Gasteiger partial charge in [0.15, 0.2) is 0 Å². The number of hydrogen-bond donors (Lipinski definition) is 1. The van der Waals surface area contributed by atoms with Gasteiger partial charge in [0.2, 0.25) is 0 Å². The number of hydrogen-bond acceptors (Lipinski definition) is 3. The topological polar surface area (TPSA) is 29.9 Å². The Morgan fingerprint density at radius 1 is 1.41 bits per heavy atom. The van der Waals surface area contributed by atoms with Gasteiger partial charge in [-0.25, -0.2) is 4.98 Å². The molecule has 92 valence electrons. The zero-order valence-corrected chi connectivity index (χ0v) is 11.3. The number of imidazole rings is 1. The van der Waals surface area contributed by atoms with Crippen LogP contribution in [0.4, 0.5) is 0 Å². The molecule has 0 saturated carbocycles. The molecule has 0 aromatic carbocycles. The van der Waals surface area contributed by atoms with Gasteiger partial charge in [-0.15, -0.1) is 11.3 Å². The Hall–Kier alpha value is -1.13. The van der Waals surface area contributed by atoms with E-state index in [1.54, 1.807) is 0 Å². The second-order valence-electron chi connectivity index (χ2n) is 4.08. The molecule has 0 fully saturated rings. The molecule has 0 aliphatic rings. The van der Waals surface area contributed by atoms with Gasteiger partial charge >= 0.3 is 0 Å². The lowest BCUT2D eigenvalue weighted by Gasteiger charge is -2.07. The van der Waals surface area contributed by atoms with Gasteiger partial charge in [-0.05, 0) is 19.1 Å². The van der Waals surface area contributed by atoms with Crippen LogP contribution in [0.15, 0.2) is 24.5 Å². The predicted molar refractivity (Wildman–Crippen MR) is 72.4 cm³/mol. The Morgan fingerprint density at radius 3 is 3.00 bits per heavy atom. The number of aromatic nitrogens is 2. The minimum Gasteiger partial charge on any atom is -0.334 e. The molecule has 2 heterocycles. The molecule has 0 bridgehead atoms. The summed E-state index contributed by atoms with van der Waals surface area (Å²) >= 11 is 1.86. The van der Waals surface area contributed by atoms with Gasteiger partial charge in [0.25, 0.3) is 0 Å². The fourth-order valence-electron chi connectivity index (χ4n) is 1.85. The third-order valence-electron chi connectivity index (χ3n) is 2.74. The molecule has 2 rings (SSSR count). The van der Waals surface area contributed by atoms with Crippen LogP contribution in [0.3, 0.4) is 0 Å². The molecule has 17 heavy (non-hydrogen) atoms. The van der Waals surface area contributed by atoms with E-state index in [-0.39, 0.29) is 0 Å². The summed E-state index contributed by atoms with van der Waals surface area (Å²) < 4.78 is 2.21. The van der Waals surface area contributed by atoms with Crippen molar-refractivity contribution in [2.75, 3.05) is 6.54 Å². The van der Waals surface area contributed by atoms with E-state index in [1.807, 2.05) is 17.5 Å². The van der Waals surface area contributed by atoms with Crippen molar-refractivity contribution >= 4 is 11.3 Å². The summed E-state index contributed by atoms with van der Waals surface area (Å²) in [5.41, 5.74) is 0. The van der Waals surface area contributed by atoms with Crippen molar-refractivity contribution in [2.24, 2.45) is 0 Å². The third kappa shape index (κ3) is 3.41. The summed E-state index contributed by atoms with van der Waals surface area (Å²) in [7, 11) is 0. The first-order valence-electron chi connectivity index (χ1n) is 6.05. The van der Waals surface area contributed by atoms with Crippen molar-refractivity contribution in [3.05, 3.63) is 40.1 Å². The molecule has 0 radical (unpaired) electrons. The maximum atomic E-state index is 4.31. The largest absolute Gasteiger partial charge is 0.334 e. The zero-order valence-electron chi connectivity index (χ0n) is 10.4. The molecular weight excluding hydrogens is 230 g/mol. The van der Waals surface area contributed by atoms with Crippen molar-refractivity contribution in [1.82, 2.24) is 14.9 Å². The summed E-state index contributed by atoms with van der Waals surface area (Å²) in [6.07, 6.45) is 4.92. The van der Waals surface area contributed by atoms with E-state index in [9.17, 15) is 0 Å². The Labute approximate surface area is 107 Å². The van der Waals surface area contributed by atoms with Gasteiger partial charge < -0.3 is 9.88 Å². The molecule has 2 aromatic rings. The standard InChI is InChI=1S/C13H19N3S/c1-3-13-15-7-9-16(13)8-6-14-10-12-5-4-11(2)17-12/h4-5,7,9,14H,3,6,8,10H2,1-2H3. The van der Waals surface area contributed by atoms with Gasteiger partial charge in [0, 0.05) is 48.2 Å². The molecule has 0 aliphatic heterocycles. The van der Waals surface area contributed by atoms with Gasteiger partial charge in [0.05, 0.1) is 0 Å². The number of nitrogens with one attached hydrogen (secondary N) is 1. The summed E-state index contributed by atoms with van der Waals surface area (Å²) in [5, 5.41) is 3.47.